The van der Waals surface area contributed by atoms with Gasteiger partial charge in [-0.2, -0.15) is 0 Å². The topological polar surface area (TPSA) is 3.24 Å². The van der Waals surface area contributed by atoms with Crippen LogP contribution >= 0.6 is 0 Å². The number of nitrogens with zero attached hydrogens (tertiary/aromatic N) is 1. The third kappa shape index (κ3) is 1.40. The van der Waals surface area contributed by atoms with Gasteiger partial charge in [-0.05, 0) is 29.3 Å². The first-order valence-electron chi connectivity index (χ1n) is 4.83. The fourth-order valence-electron chi connectivity index (χ4n) is 2.10. The van der Waals surface area contributed by atoms with E-state index < -0.39 is 0 Å². The lowest BCUT2D eigenvalue weighted by atomic mass is 9.91. The zero-order valence-electron chi connectivity index (χ0n) is 8.59. The fraction of sp³-hybridized carbons (Fsp3) is 0.231. The van der Waals surface area contributed by atoms with Crippen LogP contribution in [0.25, 0.3) is 11.6 Å². The Bertz CT molecular complexity index is 390. The minimum Gasteiger partial charge on any atom is -0.298 e. The Morgan fingerprint density at radius 1 is 1.36 bits per heavy atom. The van der Waals surface area contributed by atoms with Gasteiger partial charge in [0.1, 0.15) is 0 Å². The van der Waals surface area contributed by atoms with Crippen LogP contribution in [-0.2, 0) is 6.54 Å². The smallest absolute Gasteiger partial charge is 0.0240 e. The molecule has 1 aliphatic rings. The second-order valence-corrected chi connectivity index (χ2v) is 3.86. The van der Waals surface area contributed by atoms with Crippen LogP contribution in [-0.4, -0.2) is 18.5 Å². The van der Waals surface area contributed by atoms with Crippen molar-refractivity contribution in [1.82, 2.24) is 4.90 Å². The molecule has 0 amide bonds. The third-order valence-electron chi connectivity index (χ3n) is 2.66. The molecule has 0 saturated carbocycles. The molecule has 0 N–H and O–H groups in total. The predicted octanol–water partition coefficient (Wildman–Crippen LogP) is 2.79. The molecule has 1 aromatic carbocycles. The second-order valence-electron chi connectivity index (χ2n) is 3.86. The van der Waals surface area contributed by atoms with Crippen molar-refractivity contribution in [1.29, 1.82) is 0 Å². The van der Waals surface area contributed by atoms with Crippen LogP contribution in [0.1, 0.15) is 16.7 Å². The number of benzene rings is 1. The van der Waals surface area contributed by atoms with E-state index in [2.05, 4.69) is 43.3 Å². The van der Waals surface area contributed by atoms with Crippen LogP contribution in [0, 0.1) is 0 Å². The molecule has 0 spiro atoms. The maximum atomic E-state index is 4.13. The van der Waals surface area contributed by atoms with Crippen LogP contribution in [0.15, 0.2) is 31.4 Å². The first-order chi connectivity index (χ1) is 6.72. The van der Waals surface area contributed by atoms with Crippen molar-refractivity contribution in [3.63, 3.8) is 0 Å². The van der Waals surface area contributed by atoms with E-state index in [9.17, 15) is 0 Å². The van der Waals surface area contributed by atoms with Crippen LogP contribution in [0.3, 0.4) is 0 Å². The van der Waals surface area contributed by atoms with Gasteiger partial charge in [0.25, 0.3) is 0 Å². The number of likely N-dealkylation sites (N-methyl/N-ethyl adjacent to an activating group) is 1. The first-order valence-corrected chi connectivity index (χ1v) is 4.83. The summed E-state index contributed by atoms with van der Waals surface area (Å²) in [7, 11) is 2.12. The van der Waals surface area contributed by atoms with Gasteiger partial charge in [0, 0.05) is 13.1 Å². The van der Waals surface area contributed by atoms with Gasteiger partial charge in [0.05, 0.1) is 0 Å². The Balaban J connectivity index is 2.58. The highest BCUT2D eigenvalue weighted by Gasteiger charge is 2.17. The van der Waals surface area contributed by atoms with Crippen molar-refractivity contribution in [3.8, 4) is 0 Å². The lowest BCUT2D eigenvalue weighted by Gasteiger charge is -2.28. The Morgan fingerprint density at radius 2 is 2.14 bits per heavy atom. The molecule has 1 heterocycles. The fourth-order valence-corrected chi connectivity index (χ4v) is 2.10. The predicted molar refractivity (Wildman–Crippen MR) is 61.9 cm³/mol. The zero-order valence-corrected chi connectivity index (χ0v) is 8.59. The molecule has 0 fully saturated rings. The van der Waals surface area contributed by atoms with E-state index in [1.165, 1.54) is 22.3 Å². The molecule has 0 atom stereocenters. The number of rotatable bonds is 1. The largest absolute Gasteiger partial charge is 0.298 e. The summed E-state index contributed by atoms with van der Waals surface area (Å²) in [5.41, 5.74) is 5.08. The molecule has 1 aliphatic heterocycles. The summed E-state index contributed by atoms with van der Waals surface area (Å²) in [6, 6.07) is 6.35. The SMILES string of the molecule is C=Cc1cccc2c1C(=C)CN(C)C2. The Morgan fingerprint density at radius 3 is 2.86 bits per heavy atom. The van der Waals surface area contributed by atoms with Gasteiger partial charge in [-0.15, -0.1) is 0 Å². The summed E-state index contributed by atoms with van der Waals surface area (Å²) in [5.74, 6) is 0. The van der Waals surface area contributed by atoms with Crippen molar-refractivity contribution in [3.05, 3.63) is 48.0 Å². The monoisotopic (exact) mass is 185 g/mol. The molecule has 72 valence electrons. The van der Waals surface area contributed by atoms with Gasteiger partial charge in [-0.3, -0.25) is 4.90 Å². The Hall–Kier alpha value is -1.34. The van der Waals surface area contributed by atoms with E-state index in [0.717, 1.165) is 13.1 Å². The molecule has 0 bridgehead atoms. The molecule has 0 saturated heterocycles. The molecule has 0 aromatic heterocycles. The Kier molecular flexibility index (Phi) is 2.26. The summed E-state index contributed by atoms with van der Waals surface area (Å²) in [4.78, 5) is 2.28. The molecule has 0 aliphatic carbocycles. The van der Waals surface area contributed by atoms with E-state index in [1.807, 2.05) is 6.08 Å². The molecule has 0 unspecified atom stereocenters. The lowest BCUT2D eigenvalue weighted by Crippen LogP contribution is -2.25. The van der Waals surface area contributed by atoms with Gasteiger partial charge in [0.2, 0.25) is 0 Å². The molecule has 1 aromatic rings. The van der Waals surface area contributed by atoms with Crippen LogP contribution in [0.4, 0.5) is 0 Å². The third-order valence-corrected chi connectivity index (χ3v) is 2.66. The van der Waals surface area contributed by atoms with Gasteiger partial charge >= 0.3 is 0 Å². The van der Waals surface area contributed by atoms with E-state index in [1.54, 1.807) is 0 Å². The van der Waals surface area contributed by atoms with Gasteiger partial charge in [0.15, 0.2) is 0 Å². The molecule has 2 rings (SSSR count). The van der Waals surface area contributed by atoms with E-state index >= 15 is 0 Å². The minimum absolute atomic E-state index is 0.956. The van der Waals surface area contributed by atoms with Crippen molar-refractivity contribution in [2.24, 2.45) is 0 Å². The summed E-state index contributed by atoms with van der Waals surface area (Å²) in [6.45, 7) is 9.93. The number of fused-ring (bicyclic) bond motifs is 1. The average Bonchev–Trinajstić information content (AvgIpc) is 2.16. The van der Waals surface area contributed by atoms with E-state index in [4.69, 9.17) is 0 Å². The highest BCUT2D eigenvalue weighted by atomic mass is 15.1. The second kappa shape index (κ2) is 3.43. The number of hydrogen-bond acceptors (Lipinski definition) is 1. The highest BCUT2D eigenvalue weighted by molar-refractivity contribution is 5.77. The quantitative estimate of drug-likeness (QED) is 0.650. The maximum Gasteiger partial charge on any atom is 0.0240 e. The van der Waals surface area contributed by atoms with Crippen molar-refractivity contribution < 1.29 is 0 Å². The summed E-state index contributed by atoms with van der Waals surface area (Å²) < 4.78 is 0. The van der Waals surface area contributed by atoms with Crippen molar-refractivity contribution >= 4 is 11.6 Å². The number of hydrogen-bond donors (Lipinski definition) is 0. The lowest BCUT2D eigenvalue weighted by molar-refractivity contribution is 0.359. The normalized spacial score (nSPS) is 16.5. The minimum atomic E-state index is 0.956. The molecule has 0 radical (unpaired) electrons. The zero-order chi connectivity index (χ0) is 10.1. The highest BCUT2D eigenvalue weighted by Crippen LogP contribution is 2.29. The molecular formula is C13H15N. The summed E-state index contributed by atoms with van der Waals surface area (Å²) >= 11 is 0. The first kappa shape index (κ1) is 9.22. The van der Waals surface area contributed by atoms with Crippen LogP contribution in [0.5, 0.6) is 0 Å². The molecule has 1 heteroatoms. The van der Waals surface area contributed by atoms with Gasteiger partial charge in [-0.1, -0.05) is 37.4 Å². The van der Waals surface area contributed by atoms with Crippen molar-refractivity contribution in [2.45, 2.75) is 6.54 Å². The molecule has 1 nitrogen and oxygen atoms in total. The summed E-state index contributed by atoms with van der Waals surface area (Å²) in [5, 5.41) is 0. The van der Waals surface area contributed by atoms with Crippen molar-refractivity contribution in [2.75, 3.05) is 13.6 Å². The maximum absolute atomic E-state index is 4.13. The van der Waals surface area contributed by atoms with Crippen LogP contribution in [0.2, 0.25) is 0 Å². The molecule has 14 heavy (non-hydrogen) atoms. The van der Waals surface area contributed by atoms with Gasteiger partial charge < -0.3 is 0 Å². The van der Waals surface area contributed by atoms with Crippen LogP contribution < -0.4 is 0 Å². The molecular weight excluding hydrogens is 170 g/mol. The average molecular weight is 185 g/mol. The standard InChI is InChI=1S/C13H15N/c1-4-11-6-5-7-12-9-14(3)8-10(2)13(11)12/h4-7H,1-2,8-9H2,3H3. The van der Waals surface area contributed by atoms with E-state index in [0.29, 0.717) is 0 Å². The van der Waals surface area contributed by atoms with Gasteiger partial charge in [-0.25, -0.2) is 0 Å². The van der Waals surface area contributed by atoms with E-state index in [-0.39, 0.29) is 0 Å². The summed E-state index contributed by atoms with van der Waals surface area (Å²) in [6.07, 6.45) is 1.91. The Labute approximate surface area is 85.4 Å².